The first-order chi connectivity index (χ1) is 9.86. The zero-order valence-corrected chi connectivity index (χ0v) is 12.9. The number of hydrogen-bond donors (Lipinski definition) is 2. The van der Waals surface area contributed by atoms with Crippen LogP contribution in [0, 0.1) is 24.0 Å². The minimum absolute atomic E-state index is 0.00421. The Balaban J connectivity index is 2.20. The lowest BCUT2D eigenvalue weighted by molar-refractivity contribution is -0.385. The number of rotatable bonds is 5. The van der Waals surface area contributed by atoms with Crippen LogP contribution in [-0.4, -0.2) is 20.9 Å². The van der Waals surface area contributed by atoms with Gasteiger partial charge in [-0.15, -0.1) is 11.3 Å². The second-order valence-electron chi connectivity index (χ2n) is 4.88. The Labute approximate surface area is 126 Å². The number of aromatic nitrogens is 2. The second kappa shape index (κ2) is 6.04. The first-order valence-corrected chi connectivity index (χ1v) is 7.29. The molecule has 0 saturated heterocycles. The molecule has 0 aliphatic heterocycles. The van der Waals surface area contributed by atoms with Crippen LogP contribution in [0.2, 0.25) is 0 Å². The number of anilines is 2. The molecule has 2 heterocycles. The summed E-state index contributed by atoms with van der Waals surface area (Å²) in [7, 11) is 0. The normalized spacial score (nSPS) is 12.1. The van der Waals surface area contributed by atoms with Gasteiger partial charge in [0.1, 0.15) is 5.69 Å². The van der Waals surface area contributed by atoms with Crippen LogP contribution in [0.25, 0.3) is 0 Å². The van der Waals surface area contributed by atoms with E-state index < -0.39 is 4.92 Å². The van der Waals surface area contributed by atoms with E-state index >= 15 is 0 Å². The lowest BCUT2D eigenvalue weighted by atomic mass is 10.2. The predicted molar refractivity (Wildman–Crippen MR) is 83.7 cm³/mol. The molecule has 7 nitrogen and oxygen atoms in total. The molecule has 21 heavy (non-hydrogen) atoms. The van der Waals surface area contributed by atoms with Gasteiger partial charge >= 0.3 is 5.69 Å². The van der Waals surface area contributed by atoms with E-state index in [1.807, 2.05) is 13.8 Å². The average Bonchev–Trinajstić information content (AvgIpc) is 2.72. The van der Waals surface area contributed by atoms with E-state index in [0.29, 0.717) is 0 Å². The Morgan fingerprint density at radius 3 is 2.71 bits per heavy atom. The molecule has 112 valence electrons. The Bertz CT molecular complexity index is 671. The SMILES string of the molecule is Cc1ccc(CC(C)Nc2nc(N)nc(C)c2[N+](=O)[O-])s1. The Kier molecular flexibility index (Phi) is 4.37. The number of nitro groups is 1. The van der Waals surface area contributed by atoms with Crippen molar-refractivity contribution in [3.05, 3.63) is 37.7 Å². The van der Waals surface area contributed by atoms with Crippen LogP contribution in [0.4, 0.5) is 17.5 Å². The van der Waals surface area contributed by atoms with Gasteiger partial charge in [-0.3, -0.25) is 10.1 Å². The fourth-order valence-electron chi connectivity index (χ4n) is 2.09. The minimum Gasteiger partial charge on any atom is -0.368 e. The molecule has 8 heteroatoms. The Morgan fingerprint density at radius 2 is 2.14 bits per heavy atom. The highest BCUT2D eigenvalue weighted by Crippen LogP contribution is 2.27. The van der Waals surface area contributed by atoms with Crippen LogP contribution in [0.3, 0.4) is 0 Å². The van der Waals surface area contributed by atoms with E-state index in [0.717, 1.165) is 6.42 Å². The van der Waals surface area contributed by atoms with Crippen molar-refractivity contribution >= 4 is 28.8 Å². The summed E-state index contributed by atoms with van der Waals surface area (Å²) in [4.78, 5) is 20.9. The molecule has 1 unspecified atom stereocenters. The summed E-state index contributed by atoms with van der Waals surface area (Å²) in [5.74, 6) is 0.200. The van der Waals surface area contributed by atoms with Crippen LogP contribution < -0.4 is 11.1 Å². The van der Waals surface area contributed by atoms with E-state index in [9.17, 15) is 10.1 Å². The summed E-state index contributed by atoms with van der Waals surface area (Å²) in [5.41, 5.74) is 5.71. The van der Waals surface area contributed by atoms with E-state index in [2.05, 4.69) is 27.4 Å². The number of nitrogens with zero attached hydrogens (tertiary/aromatic N) is 3. The van der Waals surface area contributed by atoms with Crippen molar-refractivity contribution in [2.45, 2.75) is 33.2 Å². The van der Waals surface area contributed by atoms with Crippen LogP contribution in [-0.2, 0) is 6.42 Å². The Hall–Kier alpha value is -2.22. The lowest BCUT2D eigenvalue weighted by Gasteiger charge is -2.14. The van der Waals surface area contributed by atoms with Gasteiger partial charge in [0.25, 0.3) is 0 Å². The summed E-state index contributed by atoms with van der Waals surface area (Å²) < 4.78 is 0. The number of aryl methyl sites for hydroxylation is 2. The maximum Gasteiger partial charge on any atom is 0.332 e. The number of nitrogen functional groups attached to an aromatic ring is 1. The zero-order valence-electron chi connectivity index (χ0n) is 12.1. The van der Waals surface area contributed by atoms with E-state index in [1.165, 1.54) is 9.75 Å². The molecule has 0 bridgehead atoms. The predicted octanol–water partition coefficient (Wildman–Crippen LogP) is 2.69. The van der Waals surface area contributed by atoms with Gasteiger partial charge in [-0.2, -0.15) is 4.98 Å². The molecule has 2 aromatic rings. The monoisotopic (exact) mass is 307 g/mol. The largest absolute Gasteiger partial charge is 0.368 e. The maximum atomic E-state index is 11.1. The first kappa shape index (κ1) is 15.2. The van der Waals surface area contributed by atoms with Crippen LogP contribution in [0.1, 0.15) is 22.4 Å². The van der Waals surface area contributed by atoms with Gasteiger partial charge in [0.05, 0.1) is 4.92 Å². The summed E-state index contributed by atoms with van der Waals surface area (Å²) in [6.07, 6.45) is 0.763. The van der Waals surface area contributed by atoms with Gasteiger partial charge in [-0.05, 0) is 32.9 Å². The number of nitrogens with two attached hydrogens (primary N) is 1. The molecular weight excluding hydrogens is 290 g/mol. The molecule has 2 rings (SSSR count). The third-order valence-electron chi connectivity index (χ3n) is 2.94. The van der Waals surface area contributed by atoms with Crippen molar-refractivity contribution < 1.29 is 4.92 Å². The van der Waals surface area contributed by atoms with Crippen LogP contribution in [0.5, 0.6) is 0 Å². The van der Waals surface area contributed by atoms with Gasteiger partial charge in [-0.1, -0.05) is 0 Å². The fourth-order valence-corrected chi connectivity index (χ4v) is 3.11. The molecule has 0 amide bonds. The van der Waals surface area contributed by atoms with Crippen molar-refractivity contribution in [3.8, 4) is 0 Å². The van der Waals surface area contributed by atoms with Gasteiger partial charge in [0.2, 0.25) is 11.8 Å². The van der Waals surface area contributed by atoms with E-state index in [4.69, 9.17) is 5.73 Å². The van der Waals surface area contributed by atoms with Gasteiger partial charge in [0.15, 0.2) is 0 Å². The molecule has 0 aromatic carbocycles. The molecule has 0 saturated carbocycles. The van der Waals surface area contributed by atoms with Crippen molar-refractivity contribution in [1.82, 2.24) is 9.97 Å². The smallest absolute Gasteiger partial charge is 0.332 e. The minimum atomic E-state index is -0.487. The fraction of sp³-hybridized carbons (Fsp3) is 0.385. The van der Waals surface area contributed by atoms with Gasteiger partial charge in [0, 0.05) is 22.2 Å². The number of thiophene rings is 1. The second-order valence-corrected chi connectivity index (χ2v) is 6.26. The molecule has 0 fully saturated rings. The zero-order chi connectivity index (χ0) is 15.6. The molecule has 0 radical (unpaired) electrons. The summed E-state index contributed by atoms with van der Waals surface area (Å²) in [6.45, 7) is 5.55. The summed E-state index contributed by atoms with van der Waals surface area (Å²) in [6, 6.07) is 4.12. The maximum absolute atomic E-state index is 11.1. The average molecular weight is 307 g/mol. The standard InChI is InChI=1S/C13H17N5O2S/c1-7(6-10-5-4-8(2)21-10)15-12-11(18(19)20)9(3)16-13(14)17-12/h4-5,7H,6H2,1-3H3,(H3,14,15,16,17). The summed E-state index contributed by atoms with van der Waals surface area (Å²) >= 11 is 1.71. The third-order valence-corrected chi connectivity index (χ3v) is 3.97. The molecule has 0 aliphatic carbocycles. The van der Waals surface area contributed by atoms with E-state index in [-0.39, 0.29) is 29.2 Å². The van der Waals surface area contributed by atoms with Crippen molar-refractivity contribution in [1.29, 1.82) is 0 Å². The van der Waals surface area contributed by atoms with Gasteiger partial charge in [-0.25, -0.2) is 4.98 Å². The highest BCUT2D eigenvalue weighted by Gasteiger charge is 2.22. The molecule has 1 atom stereocenters. The molecule has 0 aliphatic rings. The quantitative estimate of drug-likeness (QED) is 0.649. The third kappa shape index (κ3) is 3.66. The lowest BCUT2D eigenvalue weighted by Crippen LogP contribution is -2.20. The molecule has 2 aromatic heterocycles. The highest BCUT2D eigenvalue weighted by atomic mass is 32.1. The van der Waals surface area contributed by atoms with Crippen molar-refractivity contribution in [2.24, 2.45) is 0 Å². The first-order valence-electron chi connectivity index (χ1n) is 6.47. The summed E-state index contributed by atoms with van der Waals surface area (Å²) in [5, 5.41) is 14.2. The number of hydrogen-bond acceptors (Lipinski definition) is 7. The van der Waals surface area contributed by atoms with Crippen molar-refractivity contribution in [2.75, 3.05) is 11.1 Å². The van der Waals surface area contributed by atoms with Crippen LogP contribution in [0.15, 0.2) is 12.1 Å². The Morgan fingerprint density at radius 1 is 1.43 bits per heavy atom. The highest BCUT2D eigenvalue weighted by molar-refractivity contribution is 7.11. The number of nitrogens with one attached hydrogen (secondary N) is 1. The van der Waals surface area contributed by atoms with E-state index in [1.54, 1.807) is 18.3 Å². The molecular formula is C13H17N5O2S. The topological polar surface area (TPSA) is 107 Å². The molecule has 0 spiro atoms. The van der Waals surface area contributed by atoms with Crippen molar-refractivity contribution in [3.63, 3.8) is 0 Å². The van der Waals surface area contributed by atoms with Gasteiger partial charge < -0.3 is 11.1 Å². The van der Waals surface area contributed by atoms with Crippen LogP contribution >= 0.6 is 11.3 Å². The molecule has 3 N–H and O–H groups in total.